The molecule has 5 heteroatoms. The quantitative estimate of drug-likeness (QED) is 0.523. The Labute approximate surface area is 80.6 Å². The largest absolute Gasteiger partial charge is 0.508 e. The number of hydroxylamine groups is 1. The van der Waals surface area contributed by atoms with E-state index in [1.807, 2.05) is 0 Å². The monoisotopic (exact) mass is 197 g/mol. The van der Waals surface area contributed by atoms with Crippen LogP contribution in [0, 0.1) is 0 Å². The van der Waals surface area contributed by atoms with Crippen LogP contribution in [-0.4, -0.2) is 27.4 Å². The first kappa shape index (κ1) is 10.5. The molecule has 0 aliphatic heterocycles. The highest BCUT2D eigenvalue weighted by Crippen LogP contribution is 2.11. The van der Waals surface area contributed by atoms with E-state index in [1.165, 1.54) is 12.1 Å². The summed E-state index contributed by atoms with van der Waals surface area (Å²) in [6.07, 6.45) is 0.159. The van der Waals surface area contributed by atoms with Gasteiger partial charge in [-0.05, 0) is 17.7 Å². The number of phenolic OH excluding ortho intramolecular Hbond substituents is 1. The number of benzene rings is 1. The number of carboxylic acids is 1. The van der Waals surface area contributed by atoms with Gasteiger partial charge in [-0.2, -0.15) is 5.48 Å². The molecule has 0 fully saturated rings. The highest BCUT2D eigenvalue weighted by molar-refractivity contribution is 5.73. The molecule has 0 heterocycles. The molecule has 0 spiro atoms. The standard InChI is InChI=1S/C9H11NO4/c11-7-3-1-6(2-4-7)5-8(10-14)9(12)13/h1-4,8,10-11,14H,5H2,(H,12,13)/t8-/m0/s1. The molecule has 0 aliphatic rings. The Morgan fingerprint density at radius 3 is 2.36 bits per heavy atom. The second-order valence-electron chi connectivity index (χ2n) is 2.89. The van der Waals surface area contributed by atoms with Gasteiger partial charge in [0.05, 0.1) is 0 Å². The van der Waals surface area contributed by atoms with Crippen molar-refractivity contribution in [2.75, 3.05) is 0 Å². The van der Waals surface area contributed by atoms with Gasteiger partial charge in [-0.25, -0.2) is 0 Å². The summed E-state index contributed by atoms with van der Waals surface area (Å²) in [5.41, 5.74) is 2.42. The van der Waals surface area contributed by atoms with Gasteiger partial charge in [-0.15, -0.1) is 0 Å². The molecule has 1 aromatic carbocycles. The molecule has 5 nitrogen and oxygen atoms in total. The van der Waals surface area contributed by atoms with Crippen LogP contribution in [0.25, 0.3) is 0 Å². The van der Waals surface area contributed by atoms with Crippen molar-refractivity contribution in [2.24, 2.45) is 0 Å². The zero-order valence-electron chi connectivity index (χ0n) is 7.34. The van der Waals surface area contributed by atoms with Gasteiger partial charge in [0.1, 0.15) is 11.8 Å². The molecule has 0 saturated carbocycles. The summed E-state index contributed by atoms with van der Waals surface area (Å²) in [7, 11) is 0. The maximum Gasteiger partial charge on any atom is 0.323 e. The third kappa shape index (κ3) is 2.72. The molecule has 1 atom stereocenters. The zero-order chi connectivity index (χ0) is 10.6. The van der Waals surface area contributed by atoms with Gasteiger partial charge in [0.25, 0.3) is 0 Å². The van der Waals surface area contributed by atoms with Gasteiger partial charge >= 0.3 is 5.97 Å². The van der Waals surface area contributed by atoms with Crippen molar-refractivity contribution < 1.29 is 20.2 Å². The van der Waals surface area contributed by atoms with Crippen LogP contribution < -0.4 is 5.48 Å². The van der Waals surface area contributed by atoms with Gasteiger partial charge in [0.15, 0.2) is 0 Å². The molecule has 4 N–H and O–H groups in total. The minimum absolute atomic E-state index is 0.123. The first-order valence-electron chi connectivity index (χ1n) is 4.04. The van der Waals surface area contributed by atoms with E-state index >= 15 is 0 Å². The van der Waals surface area contributed by atoms with Crippen LogP contribution in [0.4, 0.5) is 0 Å². The Bertz CT molecular complexity index is 309. The number of carbonyl (C=O) groups is 1. The first-order chi connectivity index (χ1) is 6.63. The summed E-state index contributed by atoms with van der Waals surface area (Å²) in [6, 6.07) is 5.10. The molecule has 76 valence electrons. The average Bonchev–Trinajstić information content (AvgIpc) is 2.16. The number of rotatable bonds is 4. The lowest BCUT2D eigenvalue weighted by molar-refractivity contribution is -0.142. The van der Waals surface area contributed by atoms with Crippen LogP contribution in [0.3, 0.4) is 0 Å². The molecule has 0 saturated heterocycles. The summed E-state index contributed by atoms with van der Waals surface area (Å²) in [5, 5.41) is 26.1. The second kappa shape index (κ2) is 4.59. The highest BCUT2D eigenvalue weighted by Gasteiger charge is 2.16. The Balaban J connectivity index is 2.67. The maximum absolute atomic E-state index is 10.5. The fraction of sp³-hybridized carbons (Fsp3) is 0.222. The summed E-state index contributed by atoms with van der Waals surface area (Å²) in [5.74, 6) is -1.00. The van der Waals surface area contributed by atoms with Crippen molar-refractivity contribution >= 4 is 5.97 Å². The van der Waals surface area contributed by atoms with E-state index in [-0.39, 0.29) is 12.2 Å². The zero-order valence-corrected chi connectivity index (χ0v) is 7.34. The van der Waals surface area contributed by atoms with Crippen molar-refractivity contribution in [1.82, 2.24) is 5.48 Å². The second-order valence-corrected chi connectivity index (χ2v) is 2.89. The summed E-state index contributed by atoms with van der Waals surface area (Å²) < 4.78 is 0. The highest BCUT2D eigenvalue weighted by atomic mass is 16.5. The topological polar surface area (TPSA) is 89.8 Å². The number of carboxylic acid groups (broad SMARTS) is 1. The molecule has 0 radical (unpaired) electrons. The third-order valence-electron chi connectivity index (χ3n) is 1.83. The summed E-state index contributed by atoms with van der Waals surface area (Å²) in [4.78, 5) is 10.5. The van der Waals surface area contributed by atoms with Gasteiger partial charge in [-0.3, -0.25) is 4.79 Å². The van der Waals surface area contributed by atoms with E-state index in [0.717, 1.165) is 5.56 Å². The minimum Gasteiger partial charge on any atom is -0.508 e. The molecule has 0 aliphatic carbocycles. The number of aromatic hydroxyl groups is 1. The Morgan fingerprint density at radius 1 is 1.36 bits per heavy atom. The van der Waals surface area contributed by atoms with Crippen molar-refractivity contribution in [3.63, 3.8) is 0 Å². The van der Waals surface area contributed by atoms with E-state index in [0.29, 0.717) is 0 Å². The molecule has 0 aromatic heterocycles. The van der Waals surface area contributed by atoms with Crippen LogP contribution in [-0.2, 0) is 11.2 Å². The number of hydrogen-bond acceptors (Lipinski definition) is 4. The Kier molecular flexibility index (Phi) is 3.44. The predicted octanol–water partition coefficient (Wildman–Crippen LogP) is 0.367. The van der Waals surface area contributed by atoms with E-state index in [9.17, 15) is 4.79 Å². The van der Waals surface area contributed by atoms with E-state index < -0.39 is 12.0 Å². The number of aliphatic carboxylic acids is 1. The number of nitrogens with one attached hydrogen (secondary N) is 1. The maximum atomic E-state index is 10.5. The molecule has 0 bridgehead atoms. The van der Waals surface area contributed by atoms with Crippen molar-refractivity contribution in [3.05, 3.63) is 29.8 Å². The van der Waals surface area contributed by atoms with Gasteiger partial charge in [-0.1, -0.05) is 12.1 Å². The van der Waals surface area contributed by atoms with Crippen LogP contribution >= 0.6 is 0 Å². The van der Waals surface area contributed by atoms with Gasteiger partial charge in [0, 0.05) is 6.42 Å². The van der Waals surface area contributed by atoms with E-state index in [2.05, 4.69) is 0 Å². The van der Waals surface area contributed by atoms with Crippen LogP contribution in [0.1, 0.15) is 5.56 Å². The average molecular weight is 197 g/mol. The molecule has 0 unspecified atom stereocenters. The lowest BCUT2D eigenvalue weighted by Gasteiger charge is -2.09. The van der Waals surface area contributed by atoms with E-state index in [4.69, 9.17) is 15.4 Å². The minimum atomic E-state index is -1.12. The fourth-order valence-corrected chi connectivity index (χ4v) is 1.06. The lowest BCUT2D eigenvalue weighted by Crippen LogP contribution is -2.36. The lowest BCUT2D eigenvalue weighted by atomic mass is 10.1. The normalized spacial score (nSPS) is 12.4. The number of hydrogen-bond donors (Lipinski definition) is 4. The predicted molar refractivity (Wildman–Crippen MR) is 48.2 cm³/mol. The SMILES string of the molecule is O=C(O)[C@H](Cc1ccc(O)cc1)NO. The molecule has 1 aromatic rings. The van der Waals surface area contributed by atoms with Crippen molar-refractivity contribution in [1.29, 1.82) is 0 Å². The third-order valence-corrected chi connectivity index (χ3v) is 1.83. The molecule has 1 rings (SSSR count). The Hall–Kier alpha value is -1.59. The van der Waals surface area contributed by atoms with Crippen molar-refractivity contribution in [3.8, 4) is 5.75 Å². The smallest absolute Gasteiger partial charge is 0.323 e. The molecule has 0 amide bonds. The van der Waals surface area contributed by atoms with Crippen LogP contribution in [0.15, 0.2) is 24.3 Å². The summed E-state index contributed by atoms with van der Waals surface area (Å²) in [6.45, 7) is 0. The summed E-state index contributed by atoms with van der Waals surface area (Å²) >= 11 is 0. The Morgan fingerprint density at radius 2 is 1.93 bits per heavy atom. The van der Waals surface area contributed by atoms with Crippen molar-refractivity contribution in [2.45, 2.75) is 12.5 Å². The number of phenols is 1. The molecule has 14 heavy (non-hydrogen) atoms. The first-order valence-corrected chi connectivity index (χ1v) is 4.04. The van der Waals surface area contributed by atoms with Crippen LogP contribution in [0.2, 0.25) is 0 Å². The molecular weight excluding hydrogens is 186 g/mol. The molecular formula is C9H11NO4. The fourth-order valence-electron chi connectivity index (χ4n) is 1.06. The van der Waals surface area contributed by atoms with E-state index in [1.54, 1.807) is 17.6 Å². The van der Waals surface area contributed by atoms with Gasteiger partial charge < -0.3 is 15.4 Å². The van der Waals surface area contributed by atoms with Gasteiger partial charge in [0.2, 0.25) is 0 Å². The van der Waals surface area contributed by atoms with Crippen LogP contribution in [0.5, 0.6) is 5.75 Å².